The third-order valence-electron chi connectivity index (χ3n) is 3.69. The quantitative estimate of drug-likeness (QED) is 0.896. The Morgan fingerprint density at radius 1 is 1.24 bits per heavy atom. The number of aliphatic imine (C=N–C) groups is 1. The molecule has 2 aromatic rings. The van der Waals surface area contributed by atoms with Crippen molar-refractivity contribution in [2.75, 3.05) is 12.4 Å². The Hall–Kier alpha value is -1.98. The molecule has 0 saturated carbocycles. The fraction of sp³-hybridized carbons (Fsp3) is 0.250. The number of hydrogen-bond acceptors (Lipinski definition) is 4. The normalized spacial score (nSPS) is 17.8. The maximum absolute atomic E-state index is 12.2. The molecule has 3 rings (SSSR count). The molecule has 0 bridgehead atoms. The third-order valence-corrected chi connectivity index (χ3v) is 4.81. The van der Waals surface area contributed by atoms with Gasteiger partial charge in [0.1, 0.15) is 5.00 Å². The predicted molar refractivity (Wildman–Crippen MR) is 87.4 cm³/mol. The van der Waals surface area contributed by atoms with E-state index in [-0.39, 0.29) is 5.91 Å². The summed E-state index contributed by atoms with van der Waals surface area (Å²) in [5, 5.41) is 6.83. The largest absolute Gasteiger partial charge is 0.314 e. The molecule has 5 heteroatoms. The van der Waals surface area contributed by atoms with Crippen LogP contribution in [0.15, 0.2) is 35.3 Å². The van der Waals surface area contributed by atoms with Crippen LogP contribution in [0.4, 0.5) is 5.00 Å². The minimum atomic E-state index is -0.570. The van der Waals surface area contributed by atoms with Crippen molar-refractivity contribution < 1.29 is 4.79 Å². The second kappa shape index (κ2) is 5.42. The number of hydrogen-bond donors (Lipinski definition) is 2. The van der Waals surface area contributed by atoms with Crippen LogP contribution in [0.3, 0.4) is 0 Å². The first kappa shape index (κ1) is 14.0. The molecule has 1 atom stereocenters. The van der Waals surface area contributed by atoms with Gasteiger partial charge in [0.2, 0.25) is 0 Å². The van der Waals surface area contributed by atoms with E-state index in [0.717, 1.165) is 21.8 Å². The summed E-state index contributed by atoms with van der Waals surface area (Å²) in [6.07, 6.45) is -0.570. The molecular formula is C16H17N3OS. The summed E-state index contributed by atoms with van der Waals surface area (Å²) in [5.74, 6) is -0.120. The highest BCUT2D eigenvalue weighted by Crippen LogP contribution is 2.36. The molecule has 4 nitrogen and oxygen atoms in total. The zero-order valence-electron chi connectivity index (χ0n) is 12.2. The average Bonchev–Trinajstić information content (AvgIpc) is 2.68. The zero-order valence-corrected chi connectivity index (χ0v) is 13.0. The van der Waals surface area contributed by atoms with Crippen molar-refractivity contribution >= 4 is 28.0 Å². The van der Waals surface area contributed by atoms with E-state index in [4.69, 9.17) is 0 Å². The molecule has 0 fully saturated rings. The summed E-state index contributed by atoms with van der Waals surface area (Å²) in [5.41, 5.74) is 4.10. The lowest BCUT2D eigenvalue weighted by Crippen LogP contribution is -2.36. The van der Waals surface area contributed by atoms with Crippen molar-refractivity contribution in [2.24, 2.45) is 4.99 Å². The number of nitrogens with one attached hydrogen (secondary N) is 2. The average molecular weight is 299 g/mol. The monoisotopic (exact) mass is 299 g/mol. The predicted octanol–water partition coefficient (Wildman–Crippen LogP) is 2.70. The van der Waals surface area contributed by atoms with Crippen molar-refractivity contribution in [3.63, 3.8) is 0 Å². The van der Waals surface area contributed by atoms with Gasteiger partial charge in [0.15, 0.2) is 6.17 Å². The van der Waals surface area contributed by atoms with Gasteiger partial charge in [-0.1, -0.05) is 30.3 Å². The summed E-state index contributed by atoms with van der Waals surface area (Å²) in [6.45, 7) is 4.15. The molecule has 1 unspecified atom stereocenters. The molecule has 1 aromatic heterocycles. The lowest BCUT2D eigenvalue weighted by atomic mass is 10.00. The summed E-state index contributed by atoms with van der Waals surface area (Å²) < 4.78 is 0. The van der Waals surface area contributed by atoms with Crippen LogP contribution < -0.4 is 10.6 Å². The van der Waals surface area contributed by atoms with E-state index < -0.39 is 6.17 Å². The number of thiophene rings is 1. The van der Waals surface area contributed by atoms with Gasteiger partial charge in [-0.05, 0) is 26.5 Å². The maximum atomic E-state index is 12.2. The van der Waals surface area contributed by atoms with Crippen molar-refractivity contribution in [1.82, 2.24) is 5.32 Å². The summed E-state index contributed by atoms with van der Waals surface area (Å²) in [7, 11) is 1.74. The molecule has 0 spiro atoms. The fourth-order valence-corrected chi connectivity index (χ4v) is 3.51. The van der Waals surface area contributed by atoms with Crippen LogP contribution in [0, 0.1) is 13.8 Å². The topological polar surface area (TPSA) is 53.5 Å². The Balaban J connectivity index is 2.25. The number of aryl methyl sites for hydroxylation is 1. The van der Waals surface area contributed by atoms with Gasteiger partial charge in [-0.25, -0.2) is 0 Å². The highest BCUT2D eigenvalue weighted by atomic mass is 32.1. The van der Waals surface area contributed by atoms with Gasteiger partial charge in [-0.3, -0.25) is 15.1 Å². The van der Waals surface area contributed by atoms with Gasteiger partial charge in [-0.2, -0.15) is 0 Å². The Morgan fingerprint density at radius 2 is 1.95 bits per heavy atom. The second-order valence-corrected chi connectivity index (χ2v) is 6.24. The fourth-order valence-electron chi connectivity index (χ4n) is 2.44. The smallest absolute Gasteiger partial charge is 0.264 e. The van der Waals surface area contributed by atoms with E-state index in [0.29, 0.717) is 0 Å². The highest BCUT2D eigenvalue weighted by Gasteiger charge is 2.28. The third kappa shape index (κ3) is 2.39. The van der Waals surface area contributed by atoms with Gasteiger partial charge in [-0.15, -0.1) is 11.3 Å². The van der Waals surface area contributed by atoms with Gasteiger partial charge in [0.05, 0.1) is 5.71 Å². The van der Waals surface area contributed by atoms with Crippen LogP contribution in [-0.2, 0) is 4.79 Å². The van der Waals surface area contributed by atoms with Gasteiger partial charge < -0.3 is 5.32 Å². The Labute approximate surface area is 127 Å². The van der Waals surface area contributed by atoms with E-state index in [2.05, 4.69) is 29.5 Å². The molecule has 1 amide bonds. The SMILES string of the molecule is CNC1N=C(c2ccccc2)c2c(sc(C)c2C)NC1=O. The molecule has 2 heterocycles. The molecule has 1 aliphatic heterocycles. The van der Waals surface area contributed by atoms with Crippen molar-refractivity contribution in [3.8, 4) is 0 Å². The van der Waals surface area contributed by atoms with E-state index in [1.165, 1.54) is 10.4 Å². The number of likely N-dealkylation sites (N-methyl/N-ethyl adjacent to an activating group) is 1. The van der Waals surface area contributed by atoms with Crippen LogP contribution in [-0.4, -0.2) is 24.8 Å². The second-order valence-electron chi connectivity index (χ2n) is 5.01. The first-order valence-electron chi connectivity index (χ1n) is 6.83. The molecule has 0 aliphatic carbocycles. The Kier molecular flexibility index (Phi) is 3.61. The minimum absolute atomic E-state index is 0.120. The molecule has 21 heavy (non-hydrogen) atoms. The zero-order chi connectivity index (χ0) is 15.0. The molecule has 1 aromatic carbocycles. The summed E-state index contributed by atoms with van der Waals surface area (Å²) in [4.78, 5) is 18.1. The molecule has 108 valence electrons. The molecule has 2 N–H and O–H groups in total. The first-order chi connectivity index (χ1) is 10.1. The number of anilines is 1. The molecule has 1 aliphatic rings. The van der Waals surface area contributed by atoms with Crippen LogP contribution in [0.25, 0.3) is 0 Å². The van der Waals surface area contributed by atoms with Crippen LogP contribution in [0.5, 0.6) is 0 Å². The Morgan fingerprint density at radius 3 is 2.62 bits per heavy atom. The van der Waals surface area contributed by atoms with Gasteiger partial charge in [0, 0.05) is 16.0 Å². The minimum Gasteiger partial charge on any atom is -0.314 e. The van der Waals surface area contributed by atoms with Crippen LogP contribution in [0.2, 0.25) is 0 Å². The van der Waals surface area contributed by atoms with E-state index in [9.17, 15) is 4.79 Å². The number of carbonyl (C=O) groups excluding carboxylic acids is 1. The number of rotatable bonds is 2. The highest BCUT2D eigenvalue weighted by molar-refractivity contribution is 7.17. The van der Waals surface area contributed by atoms with E-state index >= 15 is 0 Å². The number of amides is 1. The van der Waals surface area contributed by atoms with Crippen molar-refractivity contribution in [3.05, 3.63) is 51.9 Å². The lowest BCUT2D eigenvalue weighted by molar-refractivity contribution is -0.117. The van der Waals surface area contributed by atoms with E-state index in [1.54, 1.807) is 18.4 Å². The number of carbonyl (C=O) groups is 1. The molecule has 0 radical (unpaired) electrons. The van der Waals surface area contributed by atoms with Crippen LogP contribution >= 0.6 is 11.3 Å². The summed E-state index contributed by atoms with van der Waals surface area (Å²) >= 11 is 1.60. The van der Waals surface area contributed by atoms with E-state index in [1.807, 2.05) is 30.3 Å². The van der Waals surface area contributed by atoms with Crippen molar-refractivity contribution in [1.29, 1.82) is 0 Å². The maximum Gasteiger partial charge on any atom is 0.264 e. The number of nitrogens with zero attached hydrogens (tertiary/aromatic N) is 1. The number of benzene rings is 1. The molecule has 0 saturated heterocycles. The standard InChI is InChI=1S/C16H17N3OS/c1-9-10(2)21-16-12(9)13(11-7-5-4-6-8-11)18-14(17-3)15(20)19-16/h4-8,14,17H,1-3H3,(H,19,20). The van der Waals surface area contributed by atoms with Gasteiger partial charge >= 0.3 is 0 Å². The summed E-state index contributed by atoms with van der Waals surface area (Å²) in [6, 6.07) is 10.0. The van der Waals surface area contributed by atoms with Crippen LogP contribution in [0.1, 0.15) is 21.6 Å². The van der Waals surface area contributed by atoms with Gasteiger partial charge in [0.25, 0.3) is 5.91 Å². The Bertz CT molecular complexity index is 719. The lowest BCUT2D eigenvalue weighted by Gasteiger charge is -2.10. The van der Waals surface area contributed by atoms with Crippen molar-refractivity contribution in [2.45, 2.75) is 20.0 Å². The first-order valence-corrected chi connectivity index (χ1v) is 7.65. The molecular weight excluding hydrogens is 282 g/mol. The number of fused-ring (bicyclic) bond motifs is 1.